The van der Waals surface area contributed by atoms with E-state index >= 15 is 0 Å². The number of hydrogen-bond donors (Lipinski definition) is 1. The number of carbonyl (C=O) groups is 1. The number of halogens is 1. The number of benzene rings is 2. The Hall–Kier alpha value is -2.05. The molecule has 0 spiro atoms. The molecule has 5 nitrogen and oxygen atoms in total. The van der Waals surface area contributed by atoms with E-state index in [9.17, 15) is 13.2 Å². The average molecular weight is 394 g/mol. The highest BCUT2D eigenvalue weighted by atomic mass is 35.5. The Bertz CT molecular complexity index is 896. The van der Waals surface area contributed by atoms with Crippen LogP contribution in [0.15, 0.2) is 48.5 Å². The summed E-state index contributed by atoms with van der Waals surface area (Å²) in [6.07, 6.45) is 0.604. The van der Waals surface area contributed by atoms with Gasteiger partial charge in [-0.3, -0.25) is 4.79 Å². The molecule has 2 aromatic carbocycles. The molecule has 7 heteroatoms. The van der Waals surface area contributed by atoms with Gasteiger partial charge in [-0.15, -0.1) is 0 Å². The summed E-state index contributed by atoms with van der Waals surface area (Å²) < 4.78 is 30.8. The van der Waals surface area contributed by atoms with Gasteiger partial charge in [0.2, 0.25) is 5.91 Å². The molecular formula is C19H20ClNO4S. The summed E-state index contributed by atoms with van der Waals surface area (Å²) in [5.74, 6) is 0.0183. The summed E-state index contributed by atoms with van der Waals surface area (Å²) in [5.41, 5.74) is 1.47. The van der Waals surface area contributed by atoms with Crippen LogP contribution in [0, 0.1) is 0 Å². The topological polar surface area (TPSA) is 72.5 Å². The first-order chi connectivity index (χ1) is 12.4. The van der Waals surface area contributed by atoms with Gasteiger partial charge < -0.3 is 10.1 Å². The zero-order valence-electron chi connectivity index (χ0n) is 14.3. The highest BCUT2D eigenvalue weighted by Crippen LogP contribution is 2.31. The molecule has 0 saturated carbocycles. The van der Waals surface area contributed by atoms with Crippen molar-refractivity contribution in [3.63, 3.8) is 0 Å². The maximum Gasteiger partial charge on any atom is 0.238 e. The van der Waals surface area contributed by atoms with Crippen molar-refractivity contribution in [1.29, 1.82) is 0 Å². The molecule has 26 heavy (non-hydrogen) atoms. The molecule has 0 radical (unpaired) electrons. The summed E-state index contributed by atoms with van der Waals surface area (Å²) in [5, 5.41) is 2.25. The van der Waals surface area contributed by atoms with E-state index < -0.39 is 21.0 Å². The molecule has 138 valence electrons. The molecule has 0 aliphatic carbocycles. The van der Waals surface area contributed by atoms with Crippen LogP contribution in [0.1, 0.15) is 30.5 Å². The van der Waals surface area contributed by atoms with E-state index in [1.807, 2.05) is 24.3 Å². The Kier molecular flexibility index (Phi) is 5.53. The van der Waals surface area contributed by atoms with Crippen LogP contribution in [-0.2, 0) is 20.4 Å². The van der Waals surface area contributed by atoms with E-state index in [0.29, 0.717) is 23.6 Å². The van der Waals surface area contributed by atoms with Crippen LogP contribution in [-0.4, -0.2) is 26.2 Å². The molecule has 1 N–H and O–H groups in total. The Labute approximate surface area is 158 Å². The number of carbonyl (C=O) groups excluding carboxylic acids is 1. The Morgan fingerprint density at radius 2 is 1.92 bits per heavy atom. The Morgan fingerprint density at radius 3 is 2.65 bits per heavy atom. The summed E-state index contributed by atoms with van der Waals surface area (Å²) in [4.78, 5) is 12.6. The quantitative estimate of drug-likeness (QED) is 0.846. The van der Waals surface area contributed by atoms with E-state index in [1.54, 1.807) is 24.3 Å². The maximum absolute atomic E-state index is 12.6. The first-order valence-corrected chi connectivity index (χ1v) is 10.4. The zero-order valence-corrected chi connectivity index (χ0v) is 15.9. The van der Waals surface area contributed by atoms with Crippen LogP contribution in [0.3, 0.4) is 0 Å². The van der Waals surface area contributed by atoms with Gasteiger partial charge in [0.15, 0.2) is 9.84 Å². The molecule has 1 amide bonds. The SMILES string of the molecule is CC(C(=O)NC1CCOc2ccccc21)S(=O)(=O)Cc1ccc(Cl)cc1. The first-order valence-electron chi connectivity index (χ1n) is 8.35. The lowest BCUT2D eigenvalue weighted by atomic mass is 10.0. The van der Waals surface area contributed by atoms with Crippen LogP contribution in [0.4, 0.5) is 0 Å². The molecule has 3 rings (SSSR count). The Morgan fingerprint density at radius 1 is 1.23 bits per heavy atom. The second kappa shape index (κ2) is 7.68. The number of ether oxygens (including phenoxy) is 1. The van der Waals surface area contributed by atoms with Gasteiger partial charge in [-0.1, -0.05) is 41.9 Å². The maximum atomic E-state index is 12.6. The fourth-order valence-corrected chi connectivity index (χ4v) is 4.31. The predicted octanol–water partition coefficient (Wildman–Crippen LogP) is 3.28. The molecule has 1 aliphatic rings. The van der Waals surface area contributed by atoms with Gasteiger partial charge in [0.25, 0.3) is 0 Å². The second-order valence-electron chi connectivity index (χ2n) is 6.31. The standard InChI is InChI=1S/C19H20ClNO4S/c1-13(26(23,24)12-14-6-8-15(20)9-7-14)19(22)21-17-10-11-25-18-5-3-2-4-16(17)18/h2-9,13,17H,10-12H2,1H3,(H,21,22). The number of nitrogens with one attached hydrogen (secondary N) is 1. The number of fused-ring (bicyclic) bond motifs is 1. The summed E-state index contributed by atoms with van der Waals surface area (Å²) in [7, 11) is -3.64. The van der Waals surface area contributed by atoms with E-state index in [0.717, 1.165) is 11.3 Å². The minimum Gasteiger partial charge on any atom is -0.493 e. The molecule has 0 bridgehead atoms. The number of para-hydroxylation sites is 1. The van der Waals surface area contributed by atoms with Gasteiger partial charge in [-0.25, -0.2) is 8.42 Å². The molecule has 1 aliphatic heterocycles. The third kappa shape index (κ3) is 4.19. The third-order valence-corrected chi connectivity index (χ3v) is 6.74. The van der Waals surface area contributed by atoms with Crippen molar-refractivity contribution in [2.75, 3.05) is 6.61 Å². The van der Waals surface area contributed by atoms with E-state index in [1.165, 1.54) is 6.92 Å². The fourth-order valence-electron chi connectivity index (χ4n) is 2.88. The van der Waals surface area contributed by atoms with E-state index in [4.69, 9.17) is 16.3 Å². The zero-order chi connectivity index (χ0) is 18.7. The monoisotopic (exact) mass is 393 g/mol. The first kappa shape index (κ1) is 18.7. The number of sulfone groups is 1. The lowest BCUT2D eigenvalue weighted by Gasteiger charge is -2.27. The normalized spacial score (nSPS) is 17.7. The lowest BCUT2D eigenvalue weighted by Crippen LogP contribution is -2.41. The molecule has 0 fully saturated rings. The Balaban J connectivity index is 1.70. The van der Waals surface area contributed by atoms with Gasteiger partial charge in [0, 0.05) is 17.0 Å². The average Bonchev–Trinajstić information content (AvgIpc) is 2.63. The van der Waals surface area contributed by atoms with Gasteiger partial charge in [0.1, 0.15) is 11.0 Å². The summed E-state index contributed by atoms with van der Waals surface area (Å²) in [6, 6.07) is 13.8. The van der Waals surface area contributed by atoms with Gasteiger partial charge >= 0.3 is 0 Å². The smallest absolute Gasteiger partial charge is 0.238 e. The van der Waals surface area contributed by atoms with Crippen LogP contribution in [0.5, 0.6) is 5.75 Å². The van der Waals surface area contributed by atoms with Crippen molar-refractivity contribution in [2.24, 2.45) is 0 Å². The highest BCUT2D eigenvalue weighted by Gasteiger charge is 2.31. The molecule has 2 unspecified atom stereocenters. The fraction of sp³-hybridized carbons (Fsp3) is 0.316. The lowest BCUT2D eigenvalue weighted by molar-refractivity contribution is -0.121. The minimum atomic E-state index is -3.64. The molecule has 2 atom stereocenters. The summed E-state index contributed by atoms with van der Waals surface area (Å²) >= 11 is 5.82. The van der Waals surface area contributed by atoms with Gasteiger partial charge in [0.05, 0.1) is 18.4 Å². The predicted molar refractivity (Wildman–Crippen MR) is 101 cm³/mol. The summed E-state index contributed by atoms with van der Waals surface area (Å²) in [6.45, 7) is 1.90. The molecular weight excluding hydrogens is 374 g/mol. The van der Waals surface area contributed by atoms with E-state index in [2.05, 4.69) is 5.32 Å². The minimum absolute atomic E-state index is 0.205. The van der Waals surface area contributed by atoms with Gasteiger partial charge in [-0.05, 0) is 30.7 Å². The van der Waals surface area contributed by atoms with Crippen molar-refractivity contribution in [3.8, 4) is 5.75 Å². The second-order valence-corrected chi connectivity index (χ2v) is 9.07. The van der Waals surface area contributed by atoms with Crippen LogP contribution < -0.4 is 10.1 Å². The molecule has 1 heterocycles. The molecule has 0 aromatic heterocycles. The van der Waals surface area contributed by atoms with Crippen molar-refractivity contribution in [1.82, 2.24) is 5.32 Å². The molecule has 2 aromatic rings. The largest absolute Gasteiger partial charge is 0.493 e. The van der Waals surface area contributed by atoms with Crippen molar-refractivity contribution in [2.45, 2.75) is 30.4 Å². The van der Waals surface area contributed by atoms with Gasteiger partial charge in [-0.2, -0.15) is 0 Å². The van der Waals surface area contributed by atoms with E-state index in [-0.39, 0.29) is 11.8 Å². The number of rotatable bonds is 5. The number of amides is 1. The van der Waals surface area contributed by atoms with Crippen LogP contribution in [0.2, 0.25) is 5.02 Å². The van der Waals surface area contributed by atoms with Crippen molar-refractivity contribution < 1.29 is 17.9 Å². The highest BCUT2D eigenvalue weighted by molar-refractivity contribution is 7.92. The molecule has 0 saturated heterocycles. The number of hydrogen-bond acceptors (Lipinski definition) is 4. The van der Waals surface area contributed by atoms with Crippen molar-refractivity contribution >= 4 is 27.3 Å². The van der Waals surface area contributed by atoms with Crippen LogP contribution in [0.25, 0.3) is 0 Å². The van der Waals surface area contributed by atoms with Crippen LogP contribution >= 0.6 is 11.6 Å². The third-order valence-electron chi connectivity index (χ3n) is 4.46. The van der Waals surface area contributed by atoms with Crippen molar-refractivity contribution in [3.05, 3.63) is 64.7 Å².